The van der Waals surface area contributed by atoms with Gasteiger partial charge in [-0.1, -0.05) is 0 Å². The molecule has 0 radical (unpaired) electrons. The Hall–Kier alpha value is -2.96. The van der Waals surface area contributed by atoms with Crippen LogP contribution in [0.1, 0.15) is 71.9 Å². The summed E-state index contributed by atoms with van der Waals surface area (Å²) in [4.78, 5) is 40.9. The van der Waals surface area contributed by atoms with Crippen LogP contribution in [0.3, 0.4) is 0 Å². The lowest BCUT2D eigenvalue weighted by molar-refractivity contribution is -0.118. The number of aryl methyl sites for hydroxylation is 1. The first-order valence-electron chi connectivity index (χ1n) is 12.3. The number of fused-ring (bicyclic) bond motifs is 1. The van der Waals surface area contributed by atoms with E-state index in [0.29, 0.717) is 25.9 Å². The second kappa shape index (κ2) is 9.12. The third kappa shape index (κ3) is 4.33. The van der Waals surface area contributed by atoms with Crippen LogP contribution in [0.4, 0.5) is 11.5 Å². The molecule has 3 aliphatic heterocycles. The Morgan fingerprint density at radius 1 is 0.939 bits per heavy atom. The van der Waals surface area contributed by atoms with E-state index in [-0.39, 0.29) is 17.7 Å². The minimum Gasteiger partial charge on any atom is -0.372 e. The number of aromatic nitrogens is 2. The highest BCUT2D eigenvalue weighted by atomic mass is 16.2. The van der Waals surface area contributed by atoms with E-state index in [9.17, 15) is 9.59 Å². The van der Waals surface area contributed by atoms with Crippen molar-refractivity contribution in [3.05, 3.63) is 46.9 Å². The average molecular weight is 448 g/mol. The highest BCUT2D eigenvalue weighted by Crippen LogP contribution is 2.32. The van der Waals surface area contributed by atoms with Crippen molar-refractivity contribution >= 4 is 23.3 Å². The van der Waals surface area contributed by atoms with E-state index in [1.54, 1.807) is 11.9 Å². The predicted molar refractivity (Wildman–Crippen MR) is 129 cm³/mol. The number of carbonyl (C=O) groups is 2. The maximum absolute atomic E-state index is 13.1. The van der Waals surface area contributed by atoms with Crippen LogP contribution in [0.25, 0.3) is 0 Å². The molecule has 33 heavy (non-hydrogen) atoms. The third-order valence-corrected chi connectivity index (χ3v) is 7.47. The number of nitrogens with zero attached hydrogens (tertiary/aromatic N) is 5. The Bertz CT molecular complexity index is 1040. The van der Waals surface area contributed by atoms with Crippen molar-refractivity contribution < 1.29 is 9.59 Å². The first kappa shape index (κ1) is 21.9. The molecule has 3 aliphatic rings. The first-order chi connectivity index (χ1) is 16.0. The van der Waals surface area contributed by atoms with Gasteiger partial charge in [0.25, 0.3) is 5.91 Å². The second-order valence-electron chi connectivity index (χ2n) is 9.58. The largest absolute Gasteiger partial charge is 0.372 e. The average Bonchev–Trinajstić information content (AvgIpc) is 2.86. The molecule has 0 atom stereocenters. The lowest BCUT2D eigenvalue weighted by Gasteiger charge is -2.33. The quantitative estimate of drug-likeness (QED) is 0.718. The molecule has 5 rings (SSSR count). The van der Waals surface area contributed by atoms with Crippen LogP contribution in [0, 0.1) is 6.92 Å². The van der Waals surface area contributed by atoms with E-state index in [0.717, 1.165) is 54.4 Å². The van der Waals surface area contributed by atoms with Gasteiger partial charge in [-0.05, 0) is 69.7 Å². The zero-order chi connectivity index (χ0) is 22.9. The van der Waals surface area contributed by atoms with E-state index < -0.39 is 0 Å². The third-order valence-electron chi connectivity index (χ3n) is 7.47. The summed E-state index contributed by atoms with van der Waals surface area (Å²) in [6, 6.07) is 8.13. The summed E-state index contributed by atoms with van der Waals surface area (Å²) < 4.78 is 0. The molecule has 0 N–H and O–H groups in total. The van der Waals surface area contributed by atoms with Crippen LogP contribution >= 0.6 is 0 Å². The zero-order valence-electron chi connectivity index (χ0n) is 19.7. The van der Waals surface area contributed by atoms with Crippen LogP contribution in [-0.4, -0.2) is 59.9 Å². The highest BCUT2D eigenvalue weighted by Gasteiger charge is 2.30. The Morgan fingerprint density at radius 3 is 2.33 bits per heavy atom. The molecule has 2 aromatic rings. The molecule has 0 unspecified atom stereocenters. The molecule has 2 fully saturated rings. The van der Waals surface area contributed by atoms with Gasteiger partial charge >= 0.3 is 0 Å². The molecule has 2 amide bonds. The molecule has 1 aromatic carbocycles. The Balaban J connectivity index is 1.23. The summed E-state index contributed by atoms with van der Waals surface area (Å²) in [5.74, 6) is 2.00. The molecule has 0 bridgehead atoms. The van der Waals surface area contributed by atoms with Gasteiger partial charge in [0, 0.05) is 68.1 Å². The standard InChI is InChI=1S/C26H33N5O2/c1-18-22-10-11-23(32)29(2)25(22)28-24(27-18)19-12-16-31(17-13-19)26(33)20-6-8-21(9-7-20)30-14-4-3-5-15-30/h6-9,19H,3-5,10-17H2,1-2H3. The van der Waals surface area contributed by atoms with Crippen LogP contribution < -0.4 is 9.80 Å². The molecule has 0 spiro atoms. The number of rotatable bonds is 3. The molecule has 0 saturated carbocycles. The minimum absolute atomic E-state index is 0.103. The van der Waals surface area contributed by atoms with Crippen molar-refractivity contribution in [1.82, 2.24) is 14.9 Å². The summed E-state index contributed by atoms with van der Waals surface area (Å²) >= 11 is 0. The van der Waals surface area contributed by atoms with Crippen molar-refractivity contribution in [3.8, 4) is 0 Å². The van der Waals surface area contributed by atoms with Gasteiger partial charge in [-0.2, -0.15) is 0 Å². The molecule has 2 saturated heterocycles. The fourth-order valence-electron chi connectivity index (χ4n) is 5.36. The SMILES string of the molecule is Cc1nc(C2CCN(C(=O)c3ccc(N4CCCCC4)cc3)CC2)nc2c1CCC(=O)N2C. The number of amides is 2. The van der Waals surface area contributed by atoms with Gasteiger partial charge in [-0.15, -0.1) is 0 Å². The van der Waals surface area contributed by atoms with Crippen molar-refractivity contribution in [3.63, 3.8) is 0 Å². The van der Waals surface area contributed by atoms with Crippen molar-refractivity contribution in [2.75, 3.05) is 43.0 Å². The van der Waals surface area contributed by atoms with E-state index in [2.05, 4.69) is 17.0 Å². The Labute approximate surface area is 195 Å². The molecule has 0 aliphatic carbocycles. The van der Waals surface area contributed by atoms with Crippen molar-refractivity contribution in [2.45, 2.75) is 57.8 Å². The summed E-state index contributed by atoms with van der Waals surface area (Å²) in [5.41, 5.74) is 4.03. The number of benzene rings is 1. The first-order valence-corrected chi connectivity index (χ1v) is 12.3. The number of hydrogen-bond acceptors (Lipinski definition) is 5. The molecule has 174 valence electrons. The summed E-state index contributed by atoms with van der Waals surface area (Å²) in [5, 5.41) is 0. The fourth-order valence-corrected chi connectivity index (χ4v) is 5.36. The Morgan fingerprint density at radius 2 is 1.64 bits per heavy atom. The van der Waals surface area contributed by atoms with Gasteiger partial charge in [-0.3, -0.25) is 14.5 Å². The summed E-state index contributed by atoms with van der Waals surface area (Å²) in [7, 11) is 1.80. The summed E-state index contributed by atoms with van der Waals surface area (Å²) in [6.45, 7) is 5.63. The van der Waals surface area contributed by atoms with E-state index >= 15 is 0 Å². The van der Waals surface area contributed by atoms with E-state index in [1.807, 2.05) is 24.0 Å². The van der Waals surface area contributed by atoms with Crippen LogP contribution in [-0.2, 0) is 11.2 Å². The van der Waals surface area contributed by atoms with Crippen molar-refractivity contribution in [1.29, 1.82) is 0 Å². The van der Waals surface area contributed by atoms with Gasteiger partial charge in [-0.25, -0.2) is 9.97 Å². The van der Waals surface area contributed by atoms with Crippen LogP contribution in [0.2, 0.25) is 0 Å². The predicted octanol–water partition coefficient (Wildman–Crippen LogP) is 3.70. The van der Waals surface area contributed by atoms with E-state index in [4.69, 9.17) is 9.97 Å². The van der Waals surface area contributed by atoms with Gasteiger partial charge in [0.15, 0.2) is 0 Å². The zero-order valence-corrected chi connectivity index (χ0v) is 19.7. The monoisotopic (exact) mass is 447 g/mol. The van der Waals surface area contributed by atoms with Gasteiger partial charge in [0.2, 0.25) is 5.91 Å². The maximum Gasteiger partial charge on any atom is 0.253 e. The highest BCUT2D eigenvalue weighted by molar-refractivity contribution is 5.95. The number of hydrogen-bond donors (Lipinski definition) is 0. The van der Waals surface area contributed by atoms with Crippen molar-refractivity contribution in [2.24, 2.45) is 0 Å². The van der Waals surface area contributed by atoms with Gasteiger partial charge in [0.05, 0.1) is 0 Å². The van der Waals surface area contributed by atoms with Gasteiger partial charge in [0.1, 0.15) is 11.6 Å². The molecule has 4 heterocycles. The number of piperidine rings is 2. The minimum atomic E-state index is 0.103. The molecule has 7 nitrogen and oxygen atoms in total. The van der Waals surface area contributed by atoms with Crippen LogP contribution in [0.5, 0.6) is 0 Å². The van der Waals surface area contributed by atoms with Crippen LogP contribution in [0.15, 0.2) is 24.3 Å². The topological polar surface area (TPSA) is 69.6 Å². The molecular formula is C26H33N5O2. The number of carbonyl (C=O) groups excluding carboxylic acids is 2. The maximum atomic E-state index is 13.1. The second-order valence-corrected chi connectivity index (χ2v) is 9.58. The fraction of sp³-hybridized carbons (Fsp3) is 0.538. The Kier molecular flexibility index (Phi) is 6.04. The summed E-state index contributed by atoms with van der Waals surface area (Å²) in [6.07, 6.45) is 6.72. The lowest BCUT2D eigenvalue weighted by Crippen LogP contribution is -2.38. The van der Waals surface area contributed by atoms with E-state index in [1.165, 1.54) is 24.9 Å². The molecule has 1 aromatic heterocycles. The smallest absolute Gasteiger partial charge is 0.253 e. The number of likely N-dealkylation sites (tertiary alicyclic amines) is 1. The lowest BCUT2D eigenvalue weighted by atomic mass is 9.94. The molecule has 7 heteroatoms. The molecular weight excluding hydrogens is 414 g/mol. The number of anilines is 2. The normalized spacial score (nSPS) is 19.6. The van der Waals surface area contributed by atoms with Gasteiger partial charge < -0.3 is 9.80 Å².